The van der Waals surface area contributed by atoms with Gasteiger partial charge in [-0.15, -0.1) is 0 Å². The van der Waals surface area contributed by atoms with Crippen LogP contribution in [0.4, 0.5) is 5.69 Å². The van der Waals surface area contributed by atoms with Crippen LogP contribution in [0.15, 0.2) is 42.5 Å². The SMILES string of the molecule is Nc1cccc2c1CCN(C(=O)c1ccccc1O)C2. The first-order valence-electron chi connectivity index (χ1n) is 6.60. The summed E-state index contributed by atoms with van der Waals surface area (Å²) in [6.45, 7) is 1.15. The van der Waals surface area contributed by atoms with Crippen molar-refractivity contribution in [1.29, 1.82) is 0 Å². The fourth-order valence-corrected chi connectivity index (χ4v) is 2.64. The summed E-state index contributed by atoms with van der Waals surface area (Å²) < 4.78 is 0. The number of phenols is 1. The van der Waals surface area contributed by atoms with Gasteiger partial charge in [0, 0.05) is 18.8 Å². The van der Waals surface area contributed by atoms with Crippen molar-refractivity contribution in [2.45, 2.75) is 13.0 Å². The Labute approximate surface area is 117 Å². The molecule has 0 atom stereocenters. The number of nitrogens with two attached hydrogens (primary N) is 1. The topological polar surface area (TPSA) is 66.6 Å². The van der Waals surface area contributed by atoms with E-state index in [-0.39, 0.29) is 11.7 Å². The van der Waals surface area contributed by atoms with Crippen molar-refractivity contribution in [2.75, 3.05) is 12.3 Å². The lowest BCUT2D eigenvalue weighted by Gasteiger charge is -2.29. The highest BCUT2D eigenvalue weighted by Crippen LogP contribution is 2.26. The first-order chi connectivity index (χ1) is 9.66. The van der Waals surface area contributed by atoms with Crippen LogP contribution in [0.2, 0.25) is 0 Å². The number of fused-ring (bicyclic) bond motifs is 1. The summed E-state index contributed by atoms with van der Waals surface area (Å²) in [4.78, 5) is 14.2. The molecule has 3 rings (SSSR count). The van der Waals surface area contributed by atoms with Crippen LogP contribution in [0.25, 0.3) is 0 Å². The summed E-state index contributed by atoms with van der Waals surface area (Å²) in [6, 6.07) is 12.4. The number of nitrogen functional groups attached to an aromatic ring is 1. The maximum atomic E-state index is 12.4. The number of hydrogen-bond donors (Lipinski definition) is 2. The molecule has 2 aromatic rings. The Kier molecular flexibility index (Phi) is 3.06. The third kappa shape index (κ3) is 2.09. The van der Waals surface area contributed by atoms with Crippen molar-refractivity contribution in [3.8, 4) is 5.75 Å². The van der Waals surface area contributed by atoms with Gasteiger partial charge in [-0.05, 0) is 35.7 Å². The Bertz CT molecular complexity index is 667. The third-order valence-corrected chi connectivity index (χ3v) is 3.72. The minimum atomic E-state index is -0.142. The summed E-state index contributed by atoms with van der Waals surface area (Å²) >= 11 is 0. The predicted octanol–water partition coefficient (Wildman–Crippen LogP) is 2.17. The lowest BCUT2D eigenvalue weighted by atomic mass is 9.97. The molecule has 0 bridgehead atoms. The van der Waals surface area contributed by atoms with Gasteiger partial charge in [0.2, 0.25) is 0 Å². The second-order valence-electron chi connectivity index (χ2n) is 4.98. The lowest BCUT2D eigenvalue weighted by molar-refractivity contribution is 0.0732. The Morgan fingerprint density at radius 1 is 1.15 bits per heavy atom. The average molecular weight is 268 g/mol. The number of anilines is 1. The Morgan fingerprint density at radius 3 is 2.75 bits per heavy atom. The molecule has 0 radical (unpaired) electrons. The molecule has 0 aliphatic carbocycles. The lowest BCUT2D eigenvalue weighted by Crippen LogP contribution is -2.36. The summed E-state index contributed by atoms with van der Waals surface area (Å²) in [5, 5.41) is 9.78. The molecular formula is C16H16N2O2. The van der Waals surface area contributed by atoms with E-state index < -0.39 is 0 Å². The number of nitrogens with zero attached hydrogens (tertiary/aromatic N) is 1. The summed E-state index contributed by atoms with van der Waals surface area (Å²) in [5.74, 6) is -0.118. The minimum absolute atomic E-state index is 0.0240. The number of carbonyl (C=O) groups excluding carboxylic acids is 1. The van der Waals surface area contributed by atoms with Gasteiger partial charge in [0.1, 0.15) is 5.75 Å². The highest BCUT2D eigenvalue weighted by atomic mass is 16.3. The molecule has 2 aromatic carbocycles. The van der Waals surface area contributed by atoms with Crippen molar-refractivity contribution in [3.05, 3.63) is 59.2 Å². The van der Waals surface area contributed by atoms with Gasteiger partial charge < -0.3 is 15.7 Å². The van der Waals surface area contributed by atoms with Crippen LogP contribution in [0, 0.1) is 0 Å². The molecule has 0 spiro atoms. The highest BCUT2D eigenvalue weighted by Gasteiger charge is 2.24. The van der Waals surface area contributed by atoms with E-state index in [1.807, 2.05) is 18.2 Å². The first-order valence-corrected chi connectivity index (χ1v) is 6.60. The summed E-state index contributed by atoms with van der Waals surface area (Å²) in [5.41, 5.74) is 9.31. The van der Waals surface area contributed by atoms with E-state index in [0.717, 1.165) is 23.2 Å². The van der Waals surface area contributed by atoms with Crippen LogP contribution in [0.5, 0.6) is 5.75 Å². The zero-order valence-corrected chi connectivity index (χ0v) is 11.0. The van der Waals surface area contributed by atoms with Gasteiger partial charge in [-0.1, -0.05) is 24.3 Å². The summed E-state index contributed by atoms with van der Waals surface area (Å²) in [6.07, 6.45) is 0.751. The number of hydrogen-bond acceptors (Lipinski definition) is 3. The van der Waals surface area contributed by atoms with Crippen molar-refractivity contribution in [3.63, 3.8) is 0 Å². The van der Waals surface area contributed by atoms with Gasteiger partial charge >= 0.3 is 0 Å². The van der Waals surface area contributed by atoms with Gasteiger partial charge in [-0.3, -0.25) is 4.79 Å². The van der Waals surface area contributed by atoms with E-state index in [1.54, 1.807) is 23.1 Å². The standard InChI is InChI=1S/C16H16N2O2/c17-14-6-3-4-11-10-18(9-8-12(11)14)16(20)13-5-1-2-7-15(13)19/h1-7,19H,8-10,17H2. The molecule has 1 heterocycles. The molecule has 0 fully saturated rings. The molecule has 20 heavy (non-hydrogen) atoms. The predicted molar refractivity (Wildman–Crippen MR) is 77.4 cm³/mol. The molecule has 4 heteroatoms. The Morgan fingerprint density at radius 2 is 1.95 bits per heavy atom. The van der Waals surface area contributed by atoms with Crippen LogP contribution in [0.3, 0.4) is 0 Å². The molecule has 1 aliphatic rings. The summed E-state index contributed by atoms with van der Waals surface area (Å²) in [7, 11) is 0. The van der Waals surface area contributed by atoms with E-state index >= 15 is 0 Å². The second-order valence-corrected chi connectivity index (χ2v) is 4.98. The van der Waals surface area contributed by atoms with E-state index in [2.05, 4.69) is 0 Å². The Hall–Kier alpha value is -2.49. The van der Waals surface area contributed by atoms with E-state index in [9.17, 15) is 9.90 Å². The van der Waals surface area contributed by atoms with Crippen molar-refractivity contribution in [2.24, 2.45) is 0 Å². The molecule has 102 valence electrons. The van der Waals surface area contributed by atoms with E-state index in [1.165, 1.54) is 6.07 Å². The van der Waals surface area contributed by atoms with Gasteiger partial charge in [0.25, 0.3) is 5.91 Å². The van der Waals surface area contributed by atoms with Gasteiger partial charge in [-0.2, -0.15) is 0 Å². The van der Waals surface area contributed by atoms with Crippen LogP contribution >= 0.6 is 0 Å². The van der Waals surface area contributed by atoms with E-state index in [4.69, 9.17) is 5.73 Å². The quantitative estimate of drug-likeness (QED) is 0.779. The molecule has 0 saturated carbocycles. The number of carbonyl (C=O) groups is 1. The normalized spacial score (nSPS) is 13.9. The molecule has 0 saturated heterocycles. The molecular weight excluding hydrogens is 252 g/mol. The molecule has 3 N–H and O–H groups in total. The molecule has 1 amide bonds. The van der Waals surface area contributed by atoms with Crippen molar-refractivity contribution < 1.29 is 9.90 Å². The zero-order chi connectivity index (χ0) is 14.1. The van der Waals surface area contributed by atoms with Crippen LogP contribution < -0.4 is 5.73 Å². The van der Waals surface area contributed by atoms with Crippen molar-refractivity contribution >= 4 is 11.6 Å². The number of phenolic OH excluding ortho intramolecular Hbond substituents is 1. The highest BCUT2D eigenvalue weighted by molar-refractivity contribution is 5.96. The van der Waals surface area contributed by atoms with Crippen LogP contribution in [-0.2, 0) is 13.0 Å². The van der Waals surface area contributed by atoms with Crippen molar-refractivity contribution in [1.82, 2.24) is 4.90 Å². The number of benzene rings is 2. The number of amides is 1. The first kappa shape index (κ1) is 12.5. The average Bonchev–Trinajstić information content (AvgIpc) is 2.47. The monoisotopic (exact) mass is 268 g/mol. The van der Waals surface area contributed by atoms with Gasteiger partial charge in [0.15, 0.2) is 0 Å². The third-order valence-electron chi connectivity index (χ3n) is 3.72. The number of para-hydroxylation sites is 1. The van der Waals surface area contributed by atoms with E-state index in [0.29, 0.717) is 18.7 Å². The molecule has 0 unspecified atom stereocenters. The fraction of sp³-hybridized carbons (Fsp3) is 0.188. The molecule has 0 aromatic heterocycles. The van der Waals surface area contributed by atoms with Gasteiger partial charge in [-0.25, -0.2) is 0 Å². The van der Waals surface area contributed by atoms with Crippen LogP contribution in [0.1, 0.15) is 21.5 Å². The number of aromatic hydroxyl groups is 1. The smallest absolute Gasteiger partial charge is 0.257 e. The zero-order valence-electron chi connectivity index (χ0n) is 11.0. The number of rotatable bonds is 1. The second kappa shape index (κ2) is 4.89. The minimum Gasteiger partial charge on any atom is -0.507 e. The van der Waals surface area contributed by atoms with Crippen LogP contribution in [-0.4, -0.2) is 22.5 Å². The maximum Gasteiger partial charge on any atom is 0.257 e. The molecule has 1 aliphatic heterocycles. The Balaban J connectivity index is 1.88. The fourth-order valence-electron chi connectivity index (χ4n) is 2.64. The largest absolute Gasteiger partial charge is 0.507 e. The maximum absolute atomic E-state index is 12.4. The van der Waals surface area contributed by atoms with Gasteiger partial charge in [0.05, 0.1) is 5.56 Å². The molecule has 4 nitrogen and oxygen atoms in total.